The van der Waals surface area contributed by atoms with Crippen molar-refractivity contribution in [1.29, 1.82) is 10.5 Å². The van der Waals surface area contributed by atoms with Gasteiger partial charge in [-0.05, 0) is 0 Å². The van der Waals surface area contributed by atoms with Crippen LogP contribution in [-0.2, 0) is 0 Å². The Morgan fingerprint density at radius 3 is 1.17 bits per heavy atom. The van der Waals surface area contributed by atoms with Crippen LogP contribution in [0.1, 0.15) is 0 Å². The molecule has 0 unspecified atom stereocenters. The molecule has 6 heavy (non-hydrogen) atoms. The van der Waals surface area contributed by atoms with Crippen LogP contribution in [0.3, 0.4) is 0 Å². The summed E-state index contributed by atoms with van der Waals surface area (Å²) in [5, 5.41) is 14.5. The predicted molar refractivity (Wildman–Crippen MR) is 33.9 cm³/mol. The molecule has 0 aliphatic rings. The molecule has 34 valence electrons. The molecular formula is C2H2ClIN2. The van der Waals surface area contributed by atoms with Gasteiger partial charge in [0.2, 0.25) is 0 Å². The average molecular weight is 216 g/mol. The maximum atomic E-state index is 7.26. The summed E-state index contributed by atoms with van der Waals surface area (Å²) < 4.78 is 0. The zero-order chi connectivity index (χ0) is 3.41. The Bertz CT molecular complexity index is 66.5. The molecular weight excluding hydrogens is 214 g/mol. The van der Waals surface area contributed by atoms with Gasteiger partial charge in [-0.25, -0.2) is 0 Å². The van der Waals surface area contributed by atoms with Crippen LogP contribution in [0.15, 0.2) is 0 Å². The molecule has 0 aromatic carbocycles. The van der Waals surface area contributed by atoms with Crippen LogP contribution in [0.5, 0.6) is 0 Å². The van der Waals surface area contributed by atoms with Crippen molar-refractivity contribution < 1.29 is 0 Å². The molecule has 0 aromatic heterocycles. The maximum absolute atomic E-state index is 7.26. The number of hydrogen-bond acceptors (Lipinski definition) is 2. The van der Waals surface area contributed by atoms with Gasteiger partial charge >= 0.3 is 0 Å². The second-order valence-corrected chi connectivity index (χ2v) is 0.224. The lowest BCUT2D eigenvalue weighted by molar-refractivity contribution is 1.49. The minimum absolute atomic E-state index is 0. The average Bonchev–Trinajstić information content (AvgIpc) is 1.37. The fourth-order valence-electron chi connectivity index (χ4n) is 0. The van der Waals surface area contributed by atoms with Crippen LogP contribution in [0.4, 0.5) is 0 Å². The first-order valence-electron chi connectivity index (χ1n) is 0.697. The van der Waals surface area contributed by atoms with Crippen LogP contribution in [0, 0.1) is 22.7 Å². The topological polar surface area (TPSA) is 47.6 Å². The van der Waals surface area contributed by atoms with Crippen molar-refractivity contribution in [3.63, 3.8) is 0 Å². The zero-order valence-corrected chi connectivity index (χ0v) is 5.86. The highest BCUT2D eigenvalue weighted by molar-refractivity contribution is 14.0. The van der Waals surface area contributed by atoms with Crippen LogP contribution in [0.25, 0.3) is 0 Å². The molecule has 0 amide bonds. The molecule has 0 radical (unpaired) electrons. The number of hydrogen-bond donors (Lipinski definition) is 0. The van der Waals surface area contributed by atoms with Crippen molar-refractivity contribution in [2.45, 2.75) is 0 Å². The molecule has 0 N–H and O–H groups in total. The molecule has 0 saturated heterocycles. The van der Waals surface area contributed by atoms with E-state index in [2.05, 4.69) is 0 Å². The molecule has 0 aromatic rings. The van der Waals surface area contributed by atoms with E-state index in [1.807, 2.05) is 0 Å². The van der Waals surface area contributed by atoms with Crippen molar-refractivity contribution >= 4 is 36.4 Å². The van der Waals surface area contributed by atoms with Crippen LogP contribution >= 0.6 is 36.4 Å². The molecule has 0 fully saturated rings. The van der Waals surface area contributed by atoms with Gasteiger partial charge in [0.15, 0.2) is 12.1 Å². The van der Waals surface area contributed by atoms with E-state index in [1.54, 1.807) is 0 Å². The summed E-state index contributed by atoms with van der Waals surface area (Å²) in [5.41, 5.74) is 0. The summed E-state index contributed by atoms with van der Waals surface area (Å²) in [6, 6.07) is 2.47. The SMILES string of the molecule is Cl.I.N#CC#N. The van der Waals surface area contributed by atoms with E-state index in [4.69, 9.17) is 10.5 Å². The van der Waals surface area contributed by atoms with Gasteiger partial charge in [-0.3, -0.25) is 0 Å². The van der Waals surface area contributed by atoms with E-state index in [0.717, 1.165) is 0 Å². The molecule has 0 aliphatic carbocycles. The lowest BCUT2D eigenvalue weighted by Crippen LogP contribution is -1.26. The Kier molecular flexibility index (Phi) is 55.6. The standard InChI is InChI=1S/C2N2.ClH.HI/c3-1-2-4;;/h;2*1H. The monoisotopic (exact) mass is 216 g/mol. The van der Waals surface area contributed by atoms with Crippen LogP contribution < -0.4 is 0 Å². The third-order valence-corrected chi connectivity index (χ3v) is 0.0500. The van der Waals surface area contributed by atoms with Crippen molar-refractivity contribution in [1.82, 2.24) is 0 Å². The molecule has 0 spiro atoms. The van der Waals surface area contributed by atoms with Gasteiger partial charge in [0, 0.05) is 0 Å². The minimum Gasteiger partial charge on any atom is -0.181 e. The largest absolute Gasteiger partial charge is 0.181 e. The third-order valence-electron chi connectivity index (χ3n) is 0.0500. The second-order valence-electron chi connectivity index (χ2n) is 0.224. The Balaban J connectivity index is -0.0000000450. The van der Waals surface area contributed by atoms with E-state index in [0.29, 0.717) is 0 Å². The van der Waals surface area contributed by atoms with Crippen LogP contribution in [-0.4, -0.2) is 0 Å². The van der Waals surface area contributed by atoms with E-state index in [1.165, 1.54) is 12.1 Å². The summed E-state index contributed by atoms with van der Waals surface area (Å²) in [7, 11) is 0. The van der Waals surface area contributed by atoms with Gasteiger partial charge in [-0.15, -0.1) is 36.4 Å². The van der Waals surface area contributed by atoms with Crippen molar-refractivity contribution in [3.8, 4) is 12.1 Å². The first-order valence-corrected chi connectivity index (χ1v) is 0.697. The van der Waals surface area contributed by atoms with Gasteiger partial charge in [0.25, 0.3) is 0 Å². The summed E-state index contributed by atoms with van der Waals surface area (Å²) in [5.74, 6) is 0. The first kappa shape index (κ1) is 16.7. The molecule has 0 heterocycles. The highest BCUT2D eigenvalue weighted by atomic mass is 127. The minimum atomic E-state index is 0. The molecule has 0 bridgehead atoms. The smallest absolute Gasteiger partial charge is 0.181 e. The van der Waals surface area contributed by atoms with Gasteiger partial charge in [-0.1, -0.05) is 0 Å². The van der Waals surface area contributed by atoms with Crippen LogP contribution in [0.2, 0.25) is 0 Å². The second kappa shape index (κ2) is 20.0. The Morgan fingerprint density at radius 1 is 1.00 bits per heavy atom. The predicted octanol–water partition coefficient (Wildman–Crippen LogP) is 1.07. The molecule has 0 aliphatic heterocycles. The van der Waals surface area contributed by atoms with E-state index in [9.17, 15) is 0 Å². The zero-order valence-electron chi connectivity index (χ0n) is 2.71. The normalized spacial score (nSPS) is 1.67. The van der Waals surface area contributed by atoms with Crippen molar-refractivity contribution in [2.24, 2.45) is 0 Å². The quantitative estimate of drug-likeness (QED) is 0.569. The fourth-order valence-corrected chi connectivity index (χ4v) is 0. The summed E-state index contributed by atoms with van der Waals surface area (Å²) in [6.45, 7) is 0. The fraction of sp³-hybridized carbons (Fsp3) is 0. The van der Waals surface area contributed by atoms with Gasteiger partial charge in [0.1, 0.15) is 0 Å². The molecule has 0 atom stereocenters. The summed E-state index contributed by atoms with van der Waals surface area (Å²) >= 11 is 0. The Labute approximate surface area is 59.2 Å². The number of halogens is 2. The van der Waals surface area contributed by atoms with Gasteiger partial charge < -0.3 is 0 Å². The van der Waals surface area contributed by atoms with E-state index < -0.39 is 0 Å². The third kappa shape index (κ3) is 36.0. The maximum Gasteiger partial charge on any atom is 0.181 e. The highest BCUT2D eigenvalue weighted by Crippen LogP contribution is 1.27. The van der Waals surface area contributed by atoms with Crippen molar-refractivity contribution in [3.05, 3.63) is 0 Å². The molecule has 0 saturated carbocycles. The first-order chi connectivity index (χ1) is 1.91. The number of nitrogens with zero attached hydrogens (tertiary/aromatic N) is 2. The van der Waals surface area contributed by atoms with E-state index >= 15 is 0 Å². The lowest BCUT2D eigenvalue weighted by Gasteiger charge is -1.16. The molecule has 2 nitrogen and oxygen atoms in total. The van der Waals surface area contributed by atoms with E-state index in [-0.39, 0.29) is 36.4 Å². The molecule has 0 rings (SSSR count). The Morgan fingerprint density at radius 2 is 1.17 bits per heavy atom. The highest BCUT2D eigenvalue weighted by Gasteiger charge is 1.39. The number of nitriles is 2. The summed E-state index contributed by atoms with van der Waals surface area (Å²) in [6.07, 6.45) is 0. The van der Waals surface area contributed by atoms with Crippen molar-refractivity contribution in [2.75, 3.05) is 0 Å². The molecule has 4 heteroatoms. The lowest BCUT2D eigenvalue weighted by atomic mass is 10.9. The Hall–Kier alpha value is 0.0000000000000000555. The number of rotatable bonds is 0. The van der Waals surface area contributed by atoms with Gasteiger partial charge in [-0.2, -0.15) is 10.5 Å². The summed E-state index contributed by atoms with van der Waals surface area (Å²) in [4.78, 5) is 0. The van der Waals surface area contributed by atoms with Gasteiger partial charge in [0.05, 0.1) is 0 Å².